The molecular formula is C7H6N6O2. The normalized spacial score (nSPS) is 9.87. The Morgan fingerprint density at radius 3 is 2.93 bits per heavy atom. The van der Waals surface area contributed by atoms with Gasteiger partial charge in [-0.05, 0) is 22.4 Å². The SMILES string of the molecule is Nc1nonc1C(=O)Nc1cccnn1. The molecule has 0 aromatic carbocycles. The van der Waals surface area contributed by atoms with Crippen LogP contribution in [-0.2, 0) is 0 Å². The van der Waals surface area contributed by atoms with E-state index < -0.39 is 5.91 Å². The molecule has 0 atom stereocenters. The van der Waals surface area contributed by atoms with Crippen molar-refractivity contribution >= 4 is 17.5 Å². The van der Waals surface area contributed by atoms with Crippen LogP contribution in [0, 0.1) is 0 Å². The zero-order valence-electron chi connectivity index (χ0n) is 7.41. The van der Waals surface area contributed by atoms with Crippen molar-refractivity contribution in [2.24, 2.45) is 0 Å². The molecule has 2 rings (SSSR count). The lowest BCUT2D eigenvalue weighted by Gasteiger charge is -1.99. The van der Waals surface area contributed by atoms with Crippen molar-refractivity contribution in [2.75, 3.05) is 11.1 Å². The predicted octanol–water partition coefficient (Wildman–Crippen LogP) is -0.306. The molecule has 1 amide bonds. The van der Waals surface area contributed by atoms with Crippen LogP contribution in [0.1, 0.15) is 10.5 Å². The van der Waals surface area contributed by atoms with Crippen LogP contribution in [0.2, 0.25) is 0 Å². The molecule has 0 radical (unpaired) electrons. The Morgan fingerprint density at radius 2 is 2.33 bits per heavy atom. The number of nitrogen functional groups attached to an aromatic ring is 1. The Hall–Kier alpha value is -2.51. The van der Waals surface area contributed by atoms with E-state index in [4.69, 9.17) is 5.73 Å². The van der Waals surface area contributed by atoms with E-state index >= 15 is 0 Å². The molecule has 2 aromatic rings. The van der Waals surface area contributed by atoms with E-state index in [2.05, 4.69) is 30.5 Å². The van der Waals surface area contributed by atoms with E-state index in [1.165, 1.54) is 6.20 Å². The fraction of sp³-hybridized carbons (Fsp3) is 0. The topological polar surface area (TPSA) is 120 Å². The molecule has 0 bridgehead atoms. The second kappa shape index (κ2) is 3.70. The number of aromatic nitrogens is 4. The van der Waals surface area contributed by atoms with Gasteiger partial charge in [-0.25, -0.2) is 4.63 Å². The number of nitrogens with two attached hydrogens (primary N) is 1. The second-order valence-corrected chi connectivity index (χ2v) is 2.56. The Balaban J connectivity index is 2.15. The smallest absolute Gasteiger partial charge is 0.283 e. The van der Waals surface area contributed by atoms with E-state index in [1.54, 1.807) is 12.1 Å². The van der Waals surface area contributed by atoms with E-state index in [0.29, 0.717) is 5.82 Å². The molecule has 0 spiro atoms. The van der Waals surface area contributed by atoms with Gasteiger partial charge in [0, 0.05) is 6.20 Å². The van der Waals surface area contributed by atoms with Crippen LogP contribution in [0.4, 0.5) is 11.6 Å². The summed E-state index contributed by atoms with van der Waals surface area (Å²) in [5, 5.41) is 16.3. The molecule has 8 nitrogen and oxygen atoms in total. The maximum atomic E-state index is 11.5. The molecule has 8 heteroatoms. The van der Waals surface area contributed by atoms with Crippen LogP contribution in [-0.4, -0.2) is 26.4 Å². The summed E-state index contributed by atoms with van der Waals surface area (Å²) in [5.41, 5.74) is 5.25. The Morgan fingerprint density at radius 1 is 1.47 bits per heavy atom. The Labute approximate surface area is 83.4 Å². The Kier molecular flexibility index (Phi) is 2.23. The molecule has 0 saturated heterocycles. The minimum atomic E-state index is -0.547. The van der Waals surface area contributed by atoms with Gasteiger partial charge in [0.1, 0.15) is 0 Å². The van der Waals surface area contributed by atoms with Gasteiger partial charge in [0.2, 0.25) is 11.5 Å². The highest BCUT2D eigenvalue weighted by molar-refractivity contribution is 6.04. The van der Waals surface area contributed by atoms with Gasteiger partial charge < -0.3 is 11.1 Å². The highest BCUT2D eigenvalue weighted by atomic mass is 16.6. The largest absolute Gasteiger partial charge is 0.379 e. The third-order valence-electron chi connectivity index (χ3n) is 1.54. The molecule has 2 heterocycles. The summed E-state index contributed by atoms with van der Waals surface area (Å²) < 4.78 is 4.28. The molecule has 0 aliphatic carbocycles. The first-order valence-electron chi connectivity index (χ1n) is 3.94. The summed E-state index contributed by atoms with van der Waals surface area (Å²) in [7, 11) is 0. The van der Waals surface area contributed by atoms with Gasteiger partial charge >= 0.3 is 0 Å². The van der Waals surface area contributed by atoms with Crippen molar-refractivity contribution in [1.29, 1.82) is 0 Å². The highest BCUT2D eigenvalue weighted by Gasteiger charge is 2.16. The average molecular weight is 206 g/mol. The van der Waals surface area contributed by atoms with Crippen molar-refractivity contribution in [3.05, 3.63) is 24.0 Å². The standard InChI is InChI=1S/C7H6N6O2/c8-6-5(12-15-13-6)7(14)10-4-2-1-3-9-11-4/h1-3H,(H2,8,13)(H,10,11,14). The van der Waals surface area contributed by atoms with Gasteiger partial charge in [0.15, 0.2) is 5.82 Å². The fourth-order valence-electron chi connectivity index (χ4n) is 0.897. The van der Waals surface area contributed by atoms with E-state index in [0.717, 1.165) is 0 Å². The highest BCUT2D eigenvalue weighted by Crippen LogP contribution is 2.07. The first kappa shape index (κ1) is 9.06. The van der Waals surface area contributed by atoms with Crippen LogP contribution in [0.15, 0.2) is 23.0 Å². The molecule has 76 valence electrons. The molecule has 0 saturated carbocycles. The van der Waals surface area contributed by atoms with Crippen LogP contribution in [0.25, 0.3) is 0 Å². The number of hydrogen-bond acceptors (Lipinski definition) is 7. The van der Waals surface area contributed by atoms with Gasteiger partial charge in [-0.15, -0.1) is 5.10 Å². The summed E-state index contributed by atoms with van der Waals surface area (Å²) in [6, 6.07) is 3.21. The molecule has 0 unspecified atom stereocenters. The average Bonchev–Trinajstić information content (AvgIpc) is 2.66. The second-order valence-electron chi connectivity index (χ2n) is 2.56. The first-order chi connectivity index (χ1) is 7.27. The fourth-order valence-corrected chi connectivity index (χ4v) is 0.897. The molecule has 15 heavy (non-hydrogen) atoms. The summed E-state index contributed by atoms with van der Waals surface area (Å²) >= 11 is 0. The third kappa shape index (κ3) is 1.88. The van der Waals surface area contributed by atoms with Crippen molar-refractivity contribution in [2.45, 2.75) is 0 Å². The summed E-state index contributed by atoms with van der Waals surface area (Å²) in [6.07, 6.45) is 1.49. The monoisotopic (exact) mass is 206 g/mol. The molecule has 2 aromatic heterocycles. The van der Waals surface area contributed by atoms with Crippen molar-refractivity contribution in [3.8, 4) is 0 Å². The lowest BCUT2D eigenvalue weighted by Crippen LogP contribution is -2.15. The van der Waals surface area contributed by atoms with Gasteiger partial charge in [-0.3, -0.25) is 4.79 Å². The number of anilines is 2. The van der Waals surface area contributed by atoms with Crippen molar-refractivity contribution in [1.82, 2.24) is 20.5 Å². The lowest BCUT2D eigenvalue weighted by atomic mass is 10.4. The number of carbonyl (C=O) groups is 1. The number of nitrogens with zero attached hydrogens (tertiary/aromatic N) is 4. The number of hydrogen-bond donors (Lipinski definition) is 2. The van der Waals surface area contributed by atoms with Gasteiger partial charge in [0.25, 0.3) is 5.91 Å². The zero-order valence-corrected chi connectivity index (χ0v) is 7.41. The molecule has 0 aliphatic rings. The summed E-state index contributed by atoms with van der Waals surface area (Å²) in [4.78, 5) is 11.5. The minimum absolute atomic E-state index is 0.0728. The lowest BCUT2D eigenvalue weighted by molar-refractivity contribution is 0.101. The third-order valence-corrected chi connectivity index (χ3v) is 1.54. The summed E-state index contributed by atoms with van der Waals surface area (Å²) in [5.74, 6) is -0.324. The Bertz CT molecular complexity index is 467. The summed E-state index contributed by atoms with van der Waals surface area (Å²) in [6.45, 7) is 0. The minimum Gasteiger partial charge on any atom is -0.379 e. The maximum absolute atomic E-state index is 11.5. The molecule has 3 N–H and O–H groups in total. The van der Waals surface area contributed by atoms with E-state index in [1.807, 2.05) is 0 Å². The molecule has 0 aliphatic heterocycles. The predicted molar refractivity (Wildman–Crippen MR) is 48.7 cm³/mol. The van der Waals surface area contributed by atoms with Gasteiger partial charge in [-0.2, -0.15) is 5.10 Å². The first-order valence-corrected chi connectivity index (χ1v) is 3.94. The van der Waals surface area contributed by atoms with Crippen LogP contribution in [0.5, 0.6) is 0 Å². The zero-order chi connectivity index (χ0) is 10.7. The number of amides is 1. The van der Waals surface area contributed by atoms with Crippen LogP contribution < -0.4 is 11.1 Å². The van der Waals surface area contributed by atoms with Crippen molar-refractivity contribution in [3.63, 3.8) is 0 Å². The van der Waals surface area contributed by atoms with Gasteiger partial charge in [0.05, 0.1) is 0 Å². The quantitative estimate of drug-likeness (QED) is 0.691. The van der Waals surface area contributed by atoms with E-state index in [9.17, 15) is 4.79 Å². The maximum Gasteiger partial charge on any atom is 0.283 e. The van der Waals surface area contributed by atoms with E-state index in [-0.39, 0.29) is 11.5 Å². The number of nitrogens with one attached hydrogen (secondary N) is 1. The van der Waals surface area contributed by atoms with Crippen LogP contribution in [0.3, 0.4) is 0 Å². The van der Waals surface area contributed by atoms with Gasteiger partial charge in [-0.1, -0.05) is 0 Å². The van der Waals surface area contributed by atoms with Crippen molar-refractivity contribution < 1.29 is 9.42 Å². The number of rotatable bonds is 2. The molecular weight excluding hydrogens is 200 g/mol. The molecule has 0 fully saturated rings. The van der Waals surface area contributed by atoms with Crippen LogP contribution >= 0.6 is 0 Å². The number of carbonyl (C=O) groups excluding carboxylic acids is 1.